The predicted molar refractivity (Wildman–Crippen MR) is 118 cm³/mol. The van der Waals surface area contributed by atoms with Crippen molar-refractivity contribution < 1.29 is 0 Å². The van der Waals surface area contributed by atoms with Crippen molar-refractivity contribution in [2.24, 2.45) is 0 Å². The highest BCUT2D eigenvalue weighted by Crippen LogP contribution is 2.30. The second-order valence-corrected chi connectivity index (χ2v) is 8.25. The summed E-state index contributed by atoms with van der Waals surface area (Å²) < 4.78 is 2.05. The van der Waals surface area contributed by atoms with Crippen molar-refractivity contribution in [3.63, 3.8) is 0 Å². The molecule has 0 N–H and O–H groups in total. The predicted octanol–water partition coefficient (Wildman–Crippen LogP) is 6.20. The first-order chi connectivity index (χ1) is 13.7. The number of hydrogen-bond donors (Lipinski definition) is 0. The molecule has 0 saturated carbocycles. The monoisotopic (exact) mass is 424 g/mol. The van der Waals surface area contributed by atoms with Crippen LogP contribution in [0, 0.1) is 0 Å². The molecule has 140 valence electrons. The lowest BCUT2D eigenvalue weighted by atomic mass is 10.2. The number of benzene rings is 2. The van der Waals surface area contributed by atoms with Crippen molar-refractivity contribution in [1.82, 2.24) is 19.7 Å². The Hall–Kier alpha value is -2.41. The average Bonchev–Trinajstić information content (AvgIpc) is 3.35. The van der Waals surface area contributed by atoms with Crippen molar-refractivity contribution in [1.29, 1.82) is 0 Å². The fourth-order valence-corrected chi connectivity index (χ4v) is 4.72. The van der Waals surface area contributed by atoms with Gasteiger partial charge in [0.2, 0.25) is 0 Å². The zero-order valence-corrected chi connectivity index (χ0v) is 17.3. The maximum absolute atomic E-state index is 6.14. The van der Waals surface area contributed by atoms with Crippen LogP contribution in [0.4, 0.5) is 0 Å². The summed E-state index contributed by atoms with van der Waals surface area (Å²) in [5.74, 6) is 1.52. The van der Waals surface area contributed by atoms with Crippen molar-refractivity contribution in [2.75, 3.05) is 0 Å². The molecule has 0 aliphatic rings. The van der Waals surface area contributed by atoms with E-state index in [-0.39, 0.29) is 0 Å². The standard InChI is InChI=1S/C21H17ClN4S2/c1-2-11-26-19(16-9-6-10-17(22)12-16)24-25-21(26)28-14-18-13-27-20(23-18)15-7-4-3-5-8-15/h2-10,12-13H,1,11,14H2. The molecule has 0 fully saturated rings. The van der Waals surface area contributed by atoms with Gasteiger partial charge in [0.15, 0.2) is 11.0 Å². The van der Waals surface area contributed by atoms with E-state index in [2.05, 4.69) is 34.3 Å². The second kappa shape index (κ2) is 8.73. The molecule has 0 atom stereocenters. The van der Waals surface area contributed by atoms with Crippen LogP contribution in [-0.2, 0) is 12.3 Å². The first-order valence-corrected chi connectivity index (χ1v) is 10.9. The normalized spacial score (nSPS) is 10.9. The van der Waals surface area contributed by atoms with Gasteiger partial charge in [0, 0.05) is 33.8 Å². The van der Waals surface area contributed by atoms with Gasteiger partial charge in [0.1, 0.15) is 5.01 Å². The van der Waals surface area contributed by atoms with E-state index >= 15 is 0 Å². The maximum Gasteiger partial charge on any atom is 0.192 e. The van der Waals surface area contributed by atoms with Crippen molar-refractivity contribution >= 4 is 34.7 Å². The minimum absolute atomic E-state index is 0.628. The molecule has 0 aliphatic carbocycles. The molecule has 28 heavy (non-hydrogen) atoms. The molecule has 2 aromatic heterocycles. The highest BCUT2D eigenvalue weighted by molar-refractivity contribution is 7.98. The lowest BCUT2D eigenvalue weighted by Crippen LogP contribution is -2.00. The first-order valence-electron chi connectivity index (χ1n) is 8.67. The van der Waals surface area contributed by atoms with Crippen molar-refractivity contribution in [3.8, 4) is 22.0 Å². The Bertz CT molecular complexity index is 1090. The van der Waals surface area contributed by atoms with Crippen molar-refractivity contribution in [2.45, 2.75) is 17.5 Å². The van der Waals surface area contributed by atoms with Gasteiger partial charge in [-0.25, -0.2) is 4.98 Å². The molecule has 7 heteroatoms. The minimum Gasteiger partial charge on any atom is -0.298 e. The fraction of sp³-hybridized carbons (Fsp3) is 0.0952. The molecule has 0 bridgehead atoms. The van der Waals surface area contributed by atoms with Gasteiger partial charge in [-0.2, -0.15) is 0 Å². The van der Waals surface area contributed by atoms with Gasteiger partial charge in [-0.15, -0.1) is 28.1 Å². The molecular weight excluding hydrogens is 408 g/mol. The highest BCUT2D eigenvalue weighted by atomic mass is 35.5. The van der Waals surface area contributed by atoms with Crippen LogP contribution in [-0.4, -0.2) is 19.7 Å². The van der Waals surface area contributed by atoms with Gasteiger partial charge in [0.05, 0.1) is 5.69 Å². The zero-order valence-electron chi connectivity index (χ0n) is 15.0. The van der Waals surface area contributed by atoms with Crippen LogP contribution in [0.1, 0.15) is 5.69 Å². The van der Waals surface area contributed by atoms with E-state index < -0.39 is 0 Å². The molecule has 4 aromatic rings. The zero-order chi connectivity index (χ0) is 19.3. The Morgan fingerprint density at radius 1 is 1.07 bits per heavy atom. The summed E-state index contributed by atoms with van der Waals surface area (Å²) in [4.78, 5) is 4.75. The molecule has 0 aliphatic heterocycles. The van der Waals surface area contributed by atoms with Crippen LogP contribution in [0.3, 0.4) is 0 Å². The van der Waals surface area contributed by atoms with E-state index in [1.165, 1.54) is 0 Å². The minimum atomic E-state index is 0.628. The Labute approximate surface area is 176 Å². The number of hydrogen-bond acceptors (Lipinski definition) is 5. The van der Waals surface area contributed by atoms with Gasteiger partial charge >= 0.3 is 0 Å². The number of nitrogens with zero attached hydrogens (tertiary/aromatic N) is 4. The summed E-state index contributed by atoms with van der Waals surface area (Å²) in [6.07, 6.45) is 1.85. The average molecular weight is 425 g/mol. The largest absolute Gasteiger partial charge is 0.298 e. The third-order valence-electron chi connectivity index (χ3n) is 4.03. The van der Waals surface area contributed by atoms with Crippen LogP contribution in [0.25, 0.3) is 22.0 Å². The number of aromatic nitrogens is 4. The van der Waals surface area contributed by atoms with E-state index in [0.717, 1.165) is 38.6 Å². The van der Waals surface area contributed by atoms with Crippen LogP contribution in [0.5, 0.6) is 0 Å². The summed E-state index contributed by atoms with van der Waals surface area (Å²) in [6, 6.07) is 17.9. The van der Waals surface area contributed by atoms with Crippen LogP contribution >= 0.6 is 34.7 Å². The smallest absolute Gasteiger partial charge is 0.192 e. The summed E-state index contributed by atoms with van der Waals surface area (Å²) in [6.45, 7) is 4.49. The molecule has 4 rings (SSSR count). The highest BCUT2D eigenvalue weighted by Gasteiger charge is 2.15. The van der Waals surface area contributed by atoms with E-state index in [0.29, 0.717) is 11.6 Å². The number of thiazole rings is 1. The Kier molecular flexibility index (Phi) is 5.90. The third kappa shape index (κ3) is 4.19. The van der Waals surface area contributed by atoms with E-state index in [1.807, 2.05) is 53.1 Å². The maximum atomic E-state index is 6.14. The first kappa shape index (κ1) is 18.9. The SMILES string of the molecule is C=CCn1c(SCc2csc(-c3ccccc3)n2)nnc1-c1cccc(Cl)c1. The van der Waals surface area contributed by atoms with Crippen LogP contribution in [0.15, 0.2) is 77.8 Å². The summed E-state index contributed by atoms with van der Waals surface area (Å²) >= 11 is 9.41. The molecule has 2 heterocycles. The van der Waals surface area contributed by atoms with Gasteiger partial charge in [-0.1, -0.05) is 71.9 Å². The molecule has 4 nitrogen and oxygen atoms in total. The quantitative estimate of drug-likeness (QED) is 0.261. The van der Waals surface area contributed by atoms with Gasteiger partial charge in [-0.3, -0.25) is 4.57 Å². The summed E-state index contributed by atoms with van der Waals surface area (Å²) in [5.41, 5.74) is 3.11. The summed E-state index contributed by atoms with van der Waals surface area (Å²) in [5, 5.41) is 13.4. The molecule has 0 radical (unpaired) electrons. The lowest BCUT2D eigenvalue weighted by Gasteiger charge is -2.07. The van der Waals surface area contributed by atoms with Crippen molar-refractivity contribution in [3.05, 3.63) is 83.3 Å². The lowest BCUT2D eigenvalue weighted by molar-refractivity contribution is 0.731. The molecule has 0 unspecified atom stereocenters. The molecule has 0 saturated heterocycles. The molecule has 0 amide bonds. The van der Waals surface area contributed by atoms with Crippen LogP contribution < -0.4 is 0 Å². The Morgan fingerprint density at radius 2 is 1.89 bits per heavy atom. The van der Waals surface area contributed by atoms with Gasteiger partial charge < -0.3 is 0 Å². The third-order valence-corrected chi connectivity index (χ3v) is 6.21. The molecule has 2 aromatic carbocycles. The van der Waals surface area contributed by atoms with Gasteiger partial charge in [0.25, 0.3) is 0 Å². The van der Waals surface area contributed by atoms with E-state index in [9.17, 15) is 0 Å². The number of thioether (sulfide) groups is 1. The Morgan fingerprint density at radius 3 is 2.68 bits per heavy atom. The van der Waals surface area contributed by atoms with Crippen LogP contribution in [0.2, 0.25) is 5.02 Å². The summed E-state index contributed by atoms with van der Waals surface area (Å²) in [7, 11) is 0. The Balaban J connectivity index is 1.54. The second-order valence-electron chi connectivity index (χ2n) is 6.01. The van der Waals surface area contributed by atoms with E-state index in [1.54, 1.807) is 23.1 Å². The molecular formula is C21H17ClN4S2. The molecule has 0 spiro atoms. The number of halogens is 1. The van der Waals surface area contributed by atoms with E-state index in [4.69, 9.17) is 16.6 Å². The van der Waals surface area contributed by atoms with Gasteiger partial charge in [-0.05, 0) is 12.1 Å². The number of allylic oxidation sites excluding steroid dienone is 1. The topological polar surface area (TPSA) is 43.6 Å². The number of rotatable bonds is 7. The fourth-order valence-electron chi connectivity index (χ4n) is 2.76.